The summed E-state index contributed by atoms with van der Waals surface area (Å²) in [5.74, 6) is 0.327. The molecule has 0 aromatic carbocycles. The van der Waals surface area contributed by atoms with Gasteiger partial charge in [0.2, 0.25) is 5.91 Å². The first-order chi connectivity index (χ1) is 7.15. The molecule has 96 valence electrons. The largest absolute Gasteiger partial charge is 0.393 e. The van der Waals surface area contributed by atoms with E-state index in [2.05, 4.69) is 10.6 Å². The number of aliphatic hydroxyl groups is 1. The van der Waals surface area contributed by atoms with Crippen molar-refractivity contribution in [2.24, 2.45) is 11.8 Å². The fourth-order valence-corrected chi connectivity index (χ4v) is 2.06. The zero-order valence-electron chi connectivity index (χ0n) is 10.0. The Hall–Kier alpha value is -0.320. The van der Waals surface area contributed by atoms with Gasteiger partial charge in [0.25, 0.3) is 0 Å². The van der Waals surface area contributed by atoms with Crippen LogP contribution < -0.4 is 10.6 Å². The first-order valence-corrected chi connectivity index (χ1v) is 5.75. The summed E-state index contributed by atoms with van der Waals surface area (Å²) in [5.41, 5.74) is 0. The molecule has 1 saturated carbocycles. The normalized spacial score (nSPS) is 25.9. The molecule has 3 N–H and O–H groups in total. The van der Waals surface area contributed by atoms with Gasteiger partial charge in [0.15, 0.2) is 0 Å². The highest BCUT2D eigenvalue weighted by molar-refractivity contribution is 5.85. The number of hydrogen-bond acceptors (Lipinski definition) is 3. The molecule has 3 unspecified atom stereocenters. The van der Waals surface area contributed by atoms with Gasteiger partial charge in [-0.05, 0) is 19.9 Å². The minimum absolute atomic E-state index is 0. The Morgan fingerprint density at radius 2 is 2.19 bits per heavy atom. The van der Waals surface area contributed by atoms with E-state index >= 15 is 0 Å². The van der Waals surface area contributed by atoms with Crippen molar-refractivity contribution in [2.75, 3.05) is 20.1 Å². The van der Waals surface area contributed by atoms with Gasteiger partial charge < -0.3 is 15.7 Å². The molecule has 1 fully saturated rings. The Labute approximate surface area is 104 Å². The van der Waals surface area contributed by atoms with Crippen LogP contribution in [0, 0.1) is 11.8 Å². The minimum Gasteiger partial charge on any atom is -0.393 e. The van der Waals surface area contributed by atoms with Crippen LogP contribution in [-0.2, 0) is 4.79 Å². The summed E-state index contributed by atoms with van der Waals surface area (Å²) in [6.07, 6.45) is 2.77. The Morgan fingerprint density at radius 1 is 1.50 bits per heavy atom. The van der Waals surface area contributed by atoms with E-state index in [4.69, 9.17) is 0 Å². The van der Waals surface area contributed by atoms with Crippen LogP contribution >= 0.6 is 12.4 Å². The van der Waals surface area contributed by atoms with E-state index < -0.39 is 0 Å². The van der Waals surface area contributed by atoms with Crippen LogP contribution in [0.3, 0.4) is 0 Å². The monoisotopic (exact) mass is 250 g/mol. The summed E-state index contributed by atoms with van der Waals surface area (Å²) in [6.45, 7) is 3.21. The molecule has 0 spiro atoms. The first-order valence-electron chi connectivity index (χ1n) is 5.75. The maximum Gasteiger partial charge on any atom is 0.224 e. The molecule has 16 heavy (non-hydrogen) atoms. The van der Waals surface area contributed by atoms with Crippen LogP contribution in [0.2, 0.25) is 0 Å². The number of hydrogen-bond donors (Lipinski definition) is 3. The van der Waals surface area contributed by atoms with Gasteiger partial charge in [-0.2, -0.15) is 0 Å². The molecule has 1 rings (SSSR count). The summed E-state index contributed by atoms with van der Waals surface area (Å²) in [5, 5.41) is 15.5. The molecule has 4 nitrogen and oxygen atoms in total. The van der Waals surface area contributed by atoms with Gasteiger partial charge in [-0.15, -0.1) is 12.4 Å². The third-order valence-electron chi connectivity index (χ3n) is 3.12. The lowest BCUT2D eigenvalue weighted by molar-refractivity contribution is -0.124. The zero-order valence-corrected chi connectivity index (χ0v) is 10.8. The minimum atomic E-state index is -0.218. The van der Waals surface area contributed by atoms with E-state index in [-0.39, 0.29) is 36.3 Å². The lowest BCUT2D eigenvalue weighted by Gasteiger charge is -2.17. The smallest absolute Gasteiger partial charge is 0.224 e. The molecule has 0 heterocycles. The van der Waals surface area contributed by atoms with Crippen LogP contribution in [0.15, 0.2) is 0 Å². The van der Waals surface area contributed by atoms with Crippen molar-refractivity contribution in [3.8, 4) is 0 Å². The highest BCUT2D eigenvalue weighted by Gasteiger charge is 2.25. The van der Waals surface area contributed by atoms with Crippen molar-refractivity contribution in [1.29, 1.82) is 0 Å². The lowest BCUT2D eigenvalue weighted by Crippen LogP contribution is -2.38. The summed E-state index contributed by atoms with van der Waals surface area (Å²) in [7, 11) is 1.84. The van der Waals surface area contributed by atoms with Crippen molar-refractivity contribution in [2.45, 2.75) is 32.3 Å². The molecule has 1 aliphatic rings. The van der Waals surface area contributed by atoms with Crippen LogP contribution in [0.25, 0.3) is 0 Å². The van der Waals surface area contributed by atoms with E-state index in [0.29, 0.717) is 13.1 Å². The van der Waals surface area contributed by atoms with Gasteiger partial charge in [0, 0.05) is 24.9 Å². The zero-order chi connectivity index (χ0) is 11.3. The second-order valence-corrected chi connectivity index (χ2v) is 4.46. The van der Waals surface area contributed by atoms with Gasteiger partial charge in [0.05, 0.1) is 6.10 Å². The standard InChI is InChI=1S/C11H22N2O2.ClH/c1-8(6-12-2)11(15)13-7-9-4-3-5-10(9)14;/h8-10,12,14H,3-7H2,1-2H3,(H,13,15);1H. The molecule has 1 aliphatic carbocycles. The van der Waals surface area contributed by atoms with E-state index in [1.54, 1.807) is 0 Å². The number of nitrogens with one attached hydrogen (secondary N) is 2. The highest BCUT2D eigenvalue weighted by Crippen LogP contribution is 2.24. The van der Waals surface area contributed by atoms with Crippen molar-refractivity contribution in [3.63, 3.8) is 0 Å². The molecule has 1 amide bonds. The molecule has 0 saturated heterocycles. The molecule has 5 heteroatoms. The van der Waals surface area contributed by atoms with Gasteiger partial charge in [-0.3, -0.25) is 4.79 Å². The van der Waals surface area contributed by atoms with Gasteiger partial charge in [0.1, 0.15) is 0 Å². The number of halogens is 1. The fourth-order valence-electron chi connectivity index (χ4n) is 2.06. The SMILES string of the molecule is CNCC(C)C(=O)NCC1CCCC1O.Cl. The maximum absolute atomic E-state index is 11.6. The van der Waals surface area contributed by atoms with Crippen LogP contribution in [0.4, 0.5) is 0 Å². The summed E-state index contributed by atoms with van der Waals surface area (Å²) >= 11 is 0. The van der Waals surface area contributed by atoms with Crippen molar-refractivity contribution in [3.05, 3.63) is 0 Å². The number of carbonyl (C=O) groups excluding carboxylic acids is 1. The quantitative estimate of drug-likeness (QED) is 0.668. The third-order valence-corrected chi connectivity index (χ3v) is 3.12. The second-order valence-electron chi connectivity index (χ2n) is 4.46. The molecular formula is C11H23ClN2O2. The van der Waals surface area contributed by atoms with Crippen molar-refractivity contribution >= 4 is 18.3 Å². The van der Waals surface area contributed by atoms with Crippen molar-refractivity contribution in [1.82, 2.24) is 10.6 Å². The van der Waals surface area contributed by atoms with Crippen LogP contribution in [0.1, 0.15) is 26.2 Å². The van der Waals surface area contributed by atoms with Crippen molar-refractivity contribution < 1.29 is 9.90 Å². The van der Waals surface area contributed by atoms with Gasteiger partial charge >= 0.3 is 0 Å². The average Bonchev–Trinajstić information content (AvgIpc) is 2.61. The molecule has 0 aliphatic heterocycles. The molecule has 0 aromatic rings. The first kappa shape index (κ1) is 15.7. The lowest BCUT2D eigenvalue weighted by atomic mass is 10.1. The van der Waals surface area contributed by atoms with Gasteiger partial charge in [-0.1, -0.05) is 13.3 Å². The predicted octanol–water partition coefficient (Wildman–Crippen LogP) is 0.541. The molecule has 0 aromatic heterocycles. The molecule has 0 radical (unpaired) electrons. The Kier molecular flexibility index (Phi) is 7.72. The van der Waals surface area contributed by atoms with E-state index in [9.17, 15) is 9.90 Å². The number of aliphatic hydroxyl groups excluding tert-OH is 1. The number of rotatable bonds is 5. The van der Waals surface area contributed by atoms with Crippen LogP contribution in [0.5, 0.6) is 0 Å². The maximum atomic E-state index is 11.6. The van der Waals surface area contributed by atoms with Gasteiger partial charge in [-0.25, -0.2) is 0 Å². The average molecular weight is 251 g/mol. The summed E-state index contributed by atoms with van der Waals surface area (Å²) in [6, 6.07) is 0. The topological polar surface area (TPSA) is 61.4 Å². The molecular weight excluding hydrogens is 228 g/mol. The molecule has 0 bridgehead atoms. The number of carbonyl (C=O) groups is 1. The van der Waals surface area contributed by atoms with E-state index in [0.717, 1.165) is 19.3 Å². The molecule has 3 atom stereocenters. The second kappa shape index (κ2) is 7.87. The number of amides is 1. The Morgan fingerprint density at radius 3 is 2.69 bits per heavy atom. The summed E-state index contributed by atoms with van der Waals surface area (Å²) < 4.78 is 0. The van der Waals surface area contributed by atoms with E-state index in [1.807, 2.05) is 14.0 Å². The summed E-state index contributed by atoms with van der Waals surface area (Å²) in [4.78, 5) is 11.6. The van der Waals surface area contributed by atoms with E-state index in [1.165, 1.54) is 0 Å². The highest BCUT2D eigenvalue weighted by atomic mass is 35.5. The predicted molar refractivity (Wildman–Crippen MR) is 66.7 cm³/mol. The Bertz CT molecular complexity index is 214. The Balaban J connectivity index is 0.00000225. The third kappa shape index (κ3) is 4.68. The van der Waals surface area contributed by atoms with Crippen LogP contribution in [-0.4, -0.2) is 37.3 Å². The fraction of sp³-hybridized carbons (Fsp3) is 0.909.